The van der Waals surface area contributed by atoms with Crippen molar-refractivity contribution in [1.29, 1.82) is 0 Å². The van der Waals surface area contributed by atoms with Gasteiger partial charge in [0.25, 0.3) is 5.91 Å². The standard InChI is InChI=1S/C16H22N6O/c1-11-8-17-9-15(18-11)22-6-4-5-13(10-22)19-16(23)14-7-12(2)21(3)20-14/h7-9,13H,4-6,10H2,1-3H3,(H,19,23). The quantitative estimate of drug-likeness (QED) is 0.922. The van der Waals surface area contributed by atoms with Crippen LogP contribution in [0.4, 0.5) is 5.82 Å². The van der Waals surface area contributed by atoms with Crippen LogP contribution in [0.15, 0.2) is 18.5 Å². The summed E-state index contributed by atoms with van der Waals surface area (Å²) in [5.41, 5.74) is 2.34. The zero-order valence-corrected chi connectivity index (χ0v) is 13.8. The summed E-state index contributed by atoms with van der Waals surface area (Å²) in [6, 6.07) is 1.91. The molecule has 0 bridgehead atoms. The van der Waals surface area contributed by atoms with Crippen molar-refractivity contribution in [2.24, 2.45) is 7.05 Å². The van der Waals surface area contributed by atoms with E-state index >= 15 is 0 Å². The van der Waals surface area contributed by atoms with Gasteiger partial charge in [-0.2, -0.15) is 5.10 Å². The summed E-state index contributed by atoms with van der Waals surface area (Å²) in [4.78, 5) is 23.2. The molecule has 122 valence electrons. The summed E-state index contributed by atoms with van der Waals surface area (Å²) < 4.78 is 1.71. The highest BCUT2D eigenvalue weighted by molar-refractivity contribution is 5.92. The Labute approximate surface area is 135 Å². The zero-order chi connectivity index (χ0) is 16.4. The van der Waals surface area contributed by atoms with Gasteiger partial charge < -0.3 is 10.2 Å². The molecule has 7 nitrogen and oxygen atoms in total. The molecule has 1 aliphatic heterocycles. The molecular weight excluding hydrogens is 292 g/mol. The number of carbonyl (C=O) groups excluding carboxylic acids is 1. The number of hydrogen-bond acceptors (Lipinski definition) is 5. The normalized spacial score (nSPS) is 18.0. The number of aryl methyl sites for hydroxylation is 3. The molecule has 1 unspecified atom stereocenters. The third-order valence-electron chi connectivity index (χ3n) is 4.17. The van der Waals surface area contributed by atoms with Crippen LogP contribution in [0.2, 0.25) is 0 Å². The Hall–Kier alpha value is -2.44. The van der Waals surface area contributed by atoms with Gasteiger partial charge in [-0.05, 0) is 32.8 Å². The van der Waals surface area contributed by atoms with Crippen molar-refractivity contribution >= 4 is 11.7 Å². The molecule has 1 aliphatic rings. The Morgan fingerprint density at radius 2 is 2.17 bits per heavy atom. The molecule has 0 aromatic carbocycles. The molecule has 1 N–H and O–H groups in total. The Morgan fingerprint density at radius 1 is 1.35 bits per heavy atom. The van der Waals surface area contributed by atoms with Gasteiger partial charge >= 0.3 is 0 Å². The van der Waals surface area contributed by atoms with Gasteiger partial charge in [-0.3, -0.25) is 14.5 Å². The van der Waals surface area contributed by atoms with E-state index in [1.54, 1.807) is 17.1 Å². The predicted octanol–water partition coefficient (Wildman–Crippen LogP) is 1.23. The van der Waals surface area contributed by atoms with Crippen molar-refractivity contribution in [2.75, 3.05) is 18.0 Å². The minimum atomic E-state index is -0.115. The number of rotatable bonds is 3. The minimum absolute atomic E-state index is 0.0980. The lowest BCUT2D eigenvalue weighted by Crippen LogP contribution is -2.48. The van der Waals surface area contributed by atoms with E-state index in [0.717, 1.165) is 43.1 Å². The van der Waals surface area contributed by atoms with E-state index in [9.17, 15) is 4.79 Å². The average molecular weight is 314 g/mol. The fraction of sp³-hybridized carbons (Fsp3) is 0.500. The molecule has 1 saturated heterocycles. The Bertz CT molecular complexity index is 691. The summed E-state index contributed by atoms with van der Waals surface area (Å²) in [5.74, 6) is 0.758. The number of amides is 1. The van der Waals surface area contributed by atoms with E-state index in [-0.39, 0.29) is 11.9 Å². The molecule has 7 heteroatoms. The second kappa shape index (κ2) is 6.36. The Kier molecular flexibility index (Phi) is 4.27. The summed E-state index contributed by atoms with van der Waals surface area (Å²) in [6.45, 7) is 5.55. The molecule has 23 heavy (non-hydrogen) atoms. The third-order valence-corrected chi connectivity index (χ3v) is 4.17. The van der Waals surface area contributed by atoms with Crippen molar-refractivity contribution in [1.82, 2.24) is 25.1 Å². The van der Waals surface area contributed by atoms with Crippen LogP contribution in [0.1, 0.15) is 34.7 Å². The molecule has 3 rings (SSSR count). The fourth-order valence-electron chi connectivity index (χ4n) is 2.84. The van der Waals surface area contributed by atoms with Gasteiger partial charge in [0, 0.05) is 38.1 Å². The molecule has 0 aliphatic carbocycles. The maximum atomic E-state index is 12.3. The van der Waals surface area contributed by atoms with Crippen molar-refractivity contribution in [3.63, 3.8) is 0 Å². The zero-order valence-electron chi connectivity index (χ0n) is 13.8. The summed E-state index contributed by atoms with van der Waals surface area (Å²) in [7, 11) is 1.84. The number of nitrogens with one attached hydrogen (secondary N) is 1. The smallest absolute Gasteiger partial charge is 0.272 e. The average Bonchev–Trinajstić information content (AvgIpc) is 2.87. The largest absolute Gasteiger partial charge is 0.353 e. The monoisotopic (exact) mass is 314 g/mol. The molecule has 2 aromatic heterocycles. The molecule has 3 heterocycles. The lowest BCUT2D eigenvalue weighted by molar-refractivity contribution is 0.0927. The number of aromatic nitrogens is 4. The van der Waals surface area contributed by atoms with Gasteiger partial charge in [-0.15, -0.1) is 0 Å². The maximum Gasteiger partial charge on any atom is 0.272 e. The summed E-state index contributed by atoms with van der Waals surface area (Å²) >= 11 is 0. The number of nitrogens with zero attached hydrogens (tertiary/aromatic N) is 5. The highest BCUT2D eigenvalue weighted by Crippen LogP contribution is 2.17. The first-order valence-electron chi connectivity index (χ1n) is 7.88. The summed E-state index contributed by atoms with van der Waals surface area (Å²) in [6.07, 6.45) is 5.50. The van der Waals surface area contributed by atoms with E-state index in [1.807, 2.05) is 27.0 Å². The second-order valence-electron chi connectivity index (χ2n) is 6.07. The third kappa shape index (κ3) is 3.49. The molecule has 0 radical (unpaired) electrons. The Morgan fingerprint density at radius 3 is 2.87 bits per heavy atom. The van der Waals surface area contributed by atoms with Crippen LogP contribution in [0.3, 0.4) is 0 Å². The fourth-order valence-corrected chi connectivity index (χ4v) is 2.84. The first-order valence-corrected chi connectivity index (χ1v) is 7.88. The highest BCUT2D eigenvalue weighted by atomic mass is 16.2. The van der Waals surface area contributed by atoms with Crippen LogP contribution < -0.4 is 10.2 Å². The SMILES string of the molecule is Cc1cncc(N2CCCC(NC(=O)c3cc(C)n(C)n3)C2)n1. The van der Waals surface area contributed by atoms with Crippen molar-refractivity contribution in [2.45, 2.75) is 32.7 Å². The van der Waals surface area contributed by atoms with E-state index in [1.165, 1.54) is 0 Å². The van der Waals surface area contributed by atoms with E-state index < -0.39 is 0 Å². The lowest BCUT2D eigenvalue weighted by Gasteiger charge is -2.33. The van der Waals surface area contributed by atoms with Crippen LogP contribution in [-0.4, -0.2) is 44.8 Å². The number of carbonyl (C=O) groups is 1. The van der Waals surface area contributed by atoms with Crippen LogP contribution in [0.25, 0.3) is 0 Å². The molecule has 1 fully saturated rings. The molecule has 0 spiro atoms. The van der Waals surface area contributed by atoms with Crippen molar-refractivity contribution in [3.8, 4) is 0 Å². The van der Waals surface area contributed by atoms with E-state index in [2.05, 4.69) is 25.3 Å². The van der Waals surface area contributed by atoms with Gasteiger partial charge in [0.1, 0.15) is 11.5 Å². The topological polar surface area (TPSA) is 75.9 Å². The van der Waals surface area contributed by atoms with Gasteiger partial charge in [0.2, 0.25) is 0 Å². The first-order chi connectivity index (χ1) is 11.0. The summed E-state index contributed by atoms with van der Waals surface area (Å²) in [5, 5.41) is 7.32. The second-order valence-corrected chi connectivity index (χ2v) is 6.07. The van der Waals surface area contributed by atoms with Crippen LogP contribution in [0, 0.1) is 13.8 Å². The minimum Gasteiger partial charge on any atom is -0.353 e. The van der Waals surface area contributed by atoms with E-state index in [4.69, 9.17) is 0 Å². The van der Waals surface area contributed by atoms with Gasteiger partial charge in [-0.25, -0.2) is 4.98 Å². The molecule has 0 saturated carbocycles. The Balaban J connectivity index is 1.65. The van der Waals surface area contributed by atoms with Gasteiger partial charge in [-0.1, -0.05) is 0 Å². The van der Waals surface area contributed by atoms with Crippen LogP contribution in [-0.2, 0) is 7.05 Å². The van der Waals surface area contributed by atoms with Crippen molar-refractivity contribution in [3.05, 3.63) is 35.5 Å². The van der Waals surface area contributed by atoms with Gasteiger partial charge in [0.15, 0.2) is 0 Å². The first kappa shape index (κ1) is 15.5. The number of anilines is 1. The van der Waals surface area contributed by atoms with Crippen LogP contribution in [0.5, 0.6) is 0 Å². The predicted molar refractivity (Wildman–Crippen MR) is 87.4 cm³/mol. The maximum absolute atomic E-state index is 12.3. The molecule has 2 aromatic rings. The number of piperidine rings is 1. The molecule has 1 atom stereocenters. The number of hydrogen-bond donors (Lipinski definition) is 1. The highest BCUT2D eigenvalue weighted by Gasteiger charge is 2.24. The van der Waals surface area contributed by atoms with Gasteiger partial charge in [0.05, 0.1) is 11.9 Å². The van der Waals surface area contributed by atoms with Crippen LogP contribution >= 0.6 is 0 Å². The van der Waals surface area contributed by atoms with E-state index in [0.29, 0.717) is 5.69 Å². The lowest BCUT2D eigenvalue weighted by atomic mass is 10.1. The van der Waals surface area contributed by atoms with Crippen molar-refractivity contribution < 1.29 is 4.79 Å². The molecular formula is C16H22N6O. The molecule has 1 amide bonds.